The van der Waals surface area contributed by atoms with Crippen LogP contribution in [-0.2, 0) is 14.3 Å². The summed E-state index contributed by atoms with van der Waals surface area (Å²) in [5.41, 5.74) is 0. The van der Waals surface area contributed by atoms with Gasteiger partial charge in [0.15, 0.2) is 0 Å². The molecule has 0 rings (SSSR count). The number of amides is 1. The van der Waals surface area contributed by atoms with Crippen LogP contribution in [0.1, 0.15) is 386 Å². The van der Waals surface area contributed by atoms with Crippen LogP contribution >= 0.6 is 0 Å². The molecule has 0 saturated heterocycles. The number of aliphatic hydroxyl groups excluding tert-OH is 2. The summed E-state index contributed by atoms with van der Waals surface area (Å²) in [6.45, 7) is 4.98. The highest BCUT2D eigenvalue weighted by Crippen LogP contribution is 2.19. The zero-order valence-corrected chi connectivity index (χ0v) is 49.2. The van der Waals surface area contributed by atoms with Crippen LogP contribution < -0.4 is 5.32 Å². The van der Waals surface area contributed by atoms with Gasteiger partial charge >= 0.3 is 5.97 Å². The number of ether oxygens (including phenoxy) is 1. The number of hydrogen-bond donors (Lipinski definition) is 3. The molecule has 0 aliphatic carbocycles. The zero-order valence-electron chi connectivity index (χ0n) is 49.2. The van der Waals surface area contributed by atoms with Crippen molar-refractivity contribution >= 4 is 11.9 Å². The second-order valence-electron chi connectivity index (χ2n) is 23.2. The van der Waals surface area contributed by atoms with Gasteiger partial charge in [0.25, 0.3) is 0 Å². The van der Waals surface area contributed by atoms with Crippen molar-refractivity contribution < 1.29 is 24.5 Å². The minimum Gasteiger partial charge on any atom is -0.466 e. The van der Waals surface area contributed by atoms with E-state index in [0.717, 1.165) is 38.5 Å². The van der Waals surface area contributed by atoms with E-state index in [1.807, 2.05) is 0 Å². The first-order valence-electron chi connectivity index (χ1n) is 33.3. The third kappa shape index (κ3) is 58.1. The van der Waals surface area contributed by atoms with E-state index >= 15 is 0 Å². The van der Waals surface area contributed by atoms with E-state index in [1.54, 1.807) is 0 Å². The Morgan fingerprint density at radius 1 is 0.333 bits per heavy atom. The standard InChI is InChI=1S/C66H131NO5/c1-3-5-7-9-11-13-15-35-40-44-48-52-56-60-66(71)72-61-57-53-49-45-41-37-34-32-30-28-26-24-22-20-18-16-17-19-21-23-25-27-29-31-33-36-39-43-47-51-55-59-65(70)67-63(62-68)64(69)58-54-50-46-42-38-14-12-10-8-6-4-2/h63-64,68-69H,3-62H2,1-2H3,(H,67,70). The Balaban J connectivity index is 3.29. The quantitative estimate of drug-likeness (QED) is 0.0417. The number of esters is 1. The van der Waals surface area contributed by atoms with E-state index in [2.05, 4.69) is 19.2 Å². The fourth-order valence-corrected chi connectivity index (χ4v) is 10.8. The average molecular weight is 1020 g/mol. The Morgan fingerprint density at radius 2 is 0.569 bits per heavy atom. The summed E-state index contributed by atoms with van der Waals surface area (Å²) >= 11 is 0. The first kappa shape index (κ1) is 70.9. The second-order valence-corrected chi connectivity index (χ2v) is 23.2. The van der Waals surface area contributed by atoms with E-state index < -0.39 is 12.1 Å². The number of unbranched alkanes of at least 4 members (excludes halogenated alkanes) is 52. The van der Waals surface area contributed by atoms with Crippen molar-refractivity contribution in [2.24, 2.45) is 0 Å². The third-order valence-electron chi connectivity index (χ3n) is 15.9. The van der Waals surface area contributed by atoms with Crippen molar-refractivity contribution in [3.63, 3.8) is 0 Å². The summed E-state index contributed by atoms with van der Waals surface area (Å²) in [5.74, 6) is -0.00628. The minimum atomic E-state index is -0.658. The molecule has 0 saturated carbocycles. The zero-order chi connectivity index (χ0) is 52.2. The molecule has 0 aromatic heterocycles. The fraction of sp³-hybridized carbons (Fsp3) is 0.970. The molecule has 0 aromatic rings. The number of aliphatic hydroxyl groups is 2. The van der Waals surface area contributed by atoms with Crippen molar-refractivity contribution in [1.29, 1.82) is 0 Å². The highest BCUT2D eigenvalue weighted by molar-refractivity contribution is 5.76. The molecule has 430 valence electrons. The lowest BCUT2D eigenvalue weighted by molar-refractivity contribution is -0.143. The lowest BCUT2D eigenvalue weighted by Gasteiger charge is -2.22. The topological polar surface area (TPSA) is 95.9 Å². The van der Waals surface area contributed by atoms with Gasteiger partial charge in [0, 0.05) is 12.8 Å². The molecule has 0 fully saturated rings. The lowest BCUT2D eigenvalue weighted by Crippen LogP contribution is -2.45. The monoisotopic (exact) mass is 1020 g/mol. The molecule has 0 aliphatic rings. The van der Waals surface area contributed by atoms with Crippen LogP contribution in [-0.4, -0.2) is 47.4 Å². The maximum Gasteiger partial charge on any atom is 0.305 e. The first-order valence-corrected chi connectivity index (χ1v) is 33.3. The average Bonchev–Trinajstić information content (AvgIpc) is 3.38. The van der Waals surface area contributed by atoms with Gasteiger partial charge < -0.3 is 20.3 Å². The second kappa shape index (κ2) is 62.4. The number of carbonyl (C=O) groups is 2. The fourth-order valence-electron chi connectivity index (χ4n) is 10.8. The van der Waals surface area contributed by atoms with Crippen LogP contribution in [0.2, 0.25) is 0 Å². The number of hydrogen-bond acceptors (Lipinski definition) is 5. The van der Waals surface area contributed by atoms with E-state index in [1.165, 1.54) is 315 Å². The summed E-state index contributed by atoms with van der Waals surface area (Å²) in [6, 6.07) is -0.535. The van der Waals surface area contributed by atoms with Gasteiger partial charge in [0.2, 0.25) is 5.91 Å². The van der Waals surface area contributed by atoms with E-state index in [4.69, 9.17) is 4.74 Å². The summed E-state index contributed by atoms with van der Waals surface area (Å²) in [5, 5.41) is 23.2. The maximum absolute atomic E-state index is 12.5. The highest BCUT2D eigenvalue weighted by atomic mass is 16.5. The van der Waals surface area contributed by atoms with Gasteiger partial charge in [0.1, 0.15) is 0 Å². The Labute approximate surface area is 451 Å². The van der Waals surface area contributed by atoms with Gasteiger partial charge in [-0.25, -0.2) is 0 Å². The number of nitrogens with one attached hydrogen (secondary N) is 1. The molecule has 1 amide bonds. The minimum absolute atomic E-state index is 0.0231. The molecule has 6 nitrogen and oxygen atoms in total. The maximum atomic E-state index is 12.5. The lowest BCUT2D eigenvalue weighted by atomic mass is 10.0. The molecule has 2 unspecified atom stereocenters. The van der Waals surface area contributed by atoms with Gasteiger partial charge in [-0.3, -0.25) is 9.59 Å². The highest BCUT2D eigenvalue weighted by Gasteiger charge is 2.20. The number of carbonyl (C=O) groups excluding carboxylic acids is 2. The molecule has 0 heterocycles. The SMILES string of the molecule is CCCCCCCCCCCCCCCC(=O)OCCCCCCCCCCCCCCCCCCCCCCCCCCCCCCCCCC(=O)NC(CO)C(O)CCCCCCCCCCCCC. The third-order valence-corrected chi connectivity index (χ3v) is 15.9. The van der Waals surface area contributed by atoms with Crippen molar-refractivity contribution in [2.45, 2.75) is 398 Å². The summed E-state index contributed by atoms with van der Waals surface area (Å²) in [4.78, 5) is 24.5. The van der Waals surface area contributed by atoms with E-state index in [-0.39, 0.29) is 18.5 Å². The van der Waals surface area contributed by atoms with E-state index in [9.17, 15) is 19.8 Å². The van der Waals surface area contributed by atoms with Crippen molar-refractivity contribution in [3.8, 4) is 0 Å². The molecule has 2 atom stereocenters. The van der Waals surface area contributed by atoms with Crippen molar-refractivity contribution in [2.75, 3.05) is 13.2 Å². The van der Waals surface area contributed by atoms with Crippen LogP contribution in [0.5, 0.6) is 0 Å². The van der Waals surface area contributed by atoms with Gasteiger partial charge in [-0.15, -0.1) is 0 Å². The Morgan fingerprint density at radius 3 is 0.847 bits per heavy atom. The van der Waals surface area contributed by atoms with Crippen LogP contribution in [0.15, 0.2) is 0 Å². The van der Waals surface area contributed by atoms with Crippen LogP contribution in [0, 0.1) is 0 Å². The predicted molar refractivity (Wildman–Crippen MR) is 315 cm³/mol. The van der Waals surface area contributed by atoms with Crippen molar-refractivity contribution in [1.82, 2.24) is 5.32 Å². The largest absolute Gasteiger partial charge is 0.466 e. The molecule has 6 heteroatoms. The normalized spacial score (nSPS) is 12.4. The van der Waals surface area contributed by atoms with Gasteiger partial charge in [-0.2, -0.15) is 0 Å². The molecular weight excluding hydrogens is 887 g/mol. The van der Waals surface area contributed by atoms with Gasteiger partial charge in [-0.05, 0) is 25.7 Å². The van der Waals surface area contributed by atoms with Gasteiger partial charge in [0.05, 0.1) is 25.4 Å². The molecule has 3 N–H and O–H groups in total. The summed E-state index contributed by atoms with van der Waals surface area (Å²) in [7, 11) is 0. The van der Waals surface area contributed by atoms with Gasteiger partial charge in [-0.1, -0.05) is 348 Å². The molecule has 0 aliphatic heterocycles. The number of rotatable bonds is 63. The van der Waals surface area contributed by atoms with Crippen LogP contribution in [0.25, 0.3) is 0 Å². The predicted octanol–water partition coefficient (Wildman–Crippen LogP) is 21.0. The van der Waals surface area contributed by atoms with Crippen LogP contribution in [0.4, 0.5) is 0 Å². The molecular formula is C66H131NO5. The first-order chi connectivity index (χ1) is 35.5. The Hall–Kier alpha value is -1.14. The molecule has 0 radical (unpaired) electrons. The van der Waals surface area contributed by atoms with Crippen LogP contribution in [0.3, 0.4) is 0 Å². The molecule has 0 aromatic carbocycles. The Bertz CT molecular complexity index is 1040. The van der Waals surface area contributed by atoms with Crippen molar-refractivity contribution in [3.05, 3.63) is 0 Å². The smallest absolute Gasteiger partial charge is 0.305 e. The summed E-state index contributed by atoms with van der Waals surface area (Å²) in [6.07, 6.45) is 74.4. The Kier molecular flexibility index (Phi) is 61.4. The molecule has 0 bridgehead atoms. The van der Waals surface area contributed by atoms with E-state index in [0.29, 0.717) is 25.9 Å². The molecule has 72 heavy (non-hydrogen) atoms. The molecule has 0 spiro atoms. The summed E-state index contributed by atoms with van der Waals surface area (Å²) < 4.78 is 5.49.